The van der Waals surface area contributed by atoms with Gasteiger partial charge in [-0.25, -0.2) is 4.79 Å². The first-order chi connectivity index (χ1) is 19.0. The first-order valence-electron chi connectivity index (χ1n) is 15.7. The van der Waals surface area contributed by atoms with E-state index in [2.05, 4.69) is 29.6 Å². The maximum Gasteiger partial charge on any atom is 0.436 e. The summed E-state index contributed by atoms with van der Waals surface area (Å²) in [6, 6.07) is -0.183. The molecule has 8 atom stereocenters. The lowest BCUT2D eigenvalue weighted by atomic mass is 9.46. The van der Waals surface area contributed by atoms with Crippen LogP contribution in [0.1, 0.15) is 98.8 Å². The van der Waals surface area contributed by atoms with Gasteiger partial charge in [0.15, 0.2) is 5.78 Å². The van der Waals surface area contributed by atoms with Gasteiger partial charge >= 0.3 is 6.09 Å². The quantitative estimate of drug-likeness (QED) is 0.266. The summed E-state index contributed by atoms with van der Waals surface area (Å²) in [4.78, 5) is 44.6. The summed E-state index contributed by atoms with van der Waals surface area (Å²) in [5.74, 6) is 2.65. The zero-order chi connectivity index (χ0) is 28.8. The molecule has 8 heteroatoms. The molecule has 3 saturated carbocycles. The van der Waals surface area contributed by atoms with E-state index >= 15 is 0 Å². The number of ketones is 1. The highest BCUT2D eigenvalue weighted by molar-refractivity contribution is 5.91. The van der Waals surface area contributed by atoms with Crippen molar-refractivity contribution in [3.05, 3.63) is 11.6 Å². The average molecular weight is 555 g/mol. The van der Waals surface area contributed by atoms with Gasteiger partial charge in [0, 0.05) is 38.0 Å². The van der Waals surface area contributed by atoms with Crippen LogP contribution in [0.15, 0.2) is 16.8 Å². The second kappa shape index (κ2) is 11.2. The standard InChI is InChI=1S/C32H50N4O4/c1-19(2)36(18-22-8-12-28(34-22)29(38)33-6)30(39)40-35-20(3)25-10-11-26-24-9-7-21-17-23(37)13-15-31(21,4)27(24)14-16-32(25,26)5/h17,19,22,24-28,34H,7-16,18H2,1-6H3,(H,33,38)/b35-20+/t22?,24-,25+,26-,27-,28?,31-,32+/m0/s1. The van der Waals surface area contributed by atoms with Crippen LogP contribution in [0.4, 0.5) is 4.79 Å². The molecule has 1 heterocycles. The molecule has 2 N–H and O–H groups in total. The molecule has 4 fully saturated rings. The molecule has 0 bridgehead atoms. The number of carbonyl (C=O) groups is 3. The van der Waals surface area contributed by atoms with Gasteiger partial charge in [-0.2, -0.15) is 0 Å². The van der Waals surface area contributed by atoms with Crippen molar-refractivity contribution in [2.45, 2.75) is 117 Å². The van der Waals surface area contributed by atoms with Crippen LogP contribution in [0.5, 0.6) is 0 Å². The zero-order valence-electron chi connectivity index (χ0n) is 25.4. The Hall–Kier alpha value is -2.22. The van der Waals surface area contributed by atoms with Crippen LogP contribution < -0.4 is 10.6 Å². The lowest BCUT2D eigenvalue weighted by Crippen LogP contribution is -2.51. The lowest BCUT2D eigenvalue weighted by molar-refractivity contribution is -0.122. The first-order valence-corrected chi connectivity index (χ1v) is 15.7. The third-order valence-corrected chi connectivity index (χ3v) is 11.8. The van der Waals surface area contributed by atoms with Crippen molar-refractivity contribution in [3.8, 4) is 0 Å². The van der Waals surface area contributed by atoms with Crippen LogP contribution in [0.2, 0.25) is 0 Å². The minimum Gasteiger partial charge on any atom is -0.358 e. The Morgan fingerprint density at radius 1 is 1.10 bits per heavy atom. The molecule has 2 unspecified atom stereocenters. The molecule has 1 saturated heterocycles. The fraction of sp³-hybridized carbons (Fsp3) is 0.812. The highest BCUT2D eigenvalue weighted by Crippen LogP contribution is 2.66. The molecule has 0 spiro atoms. The van der Waals surface area contributed by atoms with Gasteiger partial charge in [0.1, 0.15) is 0 Å². The molecule has 0 aromatic carbocycles. The number of allylic oxidation sites excluding steroid dienone is 1. The Morgan fingerprint density at radius 2 is 1.88 bits per heavy atom. The number of hydrogen-bond acceptors (Lipinski definition) is 6. The van der Waals surface area contributed by atoms with Gasteiger partial charge in [-0.05, 0) is 113 Å². The highest BCUT2D eigenvalue weighted by Gasteiger charge is 2.59. The monoisotopic (exact) mass is 554 g/mol. The Kier molecular flexibility index (Phi) is 8.21. The Labute approximate surface area is 240 Å². The van der Waals surface area contributed by atoms with E-state index in [0.717, 1.165) is 37.8 Å². The van der Waals surface area contributed by atoms with Crippen molar-refractivity contribution in [2.75, 3.05) is 13.6 Å². The van der Waals surface area contributed by atoms with Gasteiger partial charge < -0.3 is 15.5 Å². The van der Waals surface area contributed by atoms with Gasteiger partial charge in [-0.15, -0.1) is 0 Å². The Bertz CT molecular complexity index is 1080. The van der Waals surface area contributed by atoms with Gasteiger partial charge in [0.2, 0.25) is 5.91 Å². The molecule has 1 aliphatic heterocycles. The van der Waals surface area contributed by atoms with E-state index in [1.165, 1.54) is 31.3 Å². The predicted octanol–water partition coefficient (Wildman–Crippen LogP) is 5.22. The summed E-state index contributed by atoms with van der Waals surface area (Å²) in [6.07, 6.45) is 11.8. The van der Waals surface area contributed by atoms with Crippen LogP contribution in [0, 0.1) is 34.5 Å². The number of rotatable bonds is 6. The van der Waals surface area contributed by atoms with Crippen LogP contribution in [-0.4, -0.2) is 60.1 Å². The fourth-order valence-corrected chi connectivity index (χ4v) is 9.55. The van der Waals surface area contributed by atoms with Gasteiger partial charge in [0.25, 0.3) is 0 Å². The van der Waals surface area contributed by atoms with Crippen LogP contribution in [-0.2, 0) is 14.4 Å². The second-order valence-electron chi connectivity index (χ2n) is 14.1. The molecule has 4 aliphatic carbocycles. The van der Waals surface area contributed by atoms with Crippen LogP contribution >= 0.6 is 0 Å². The topological polar surface area (TPSA) is 100 Å². The van der Waals surface area contributed by atoms with Crippen molar-refractivity contribution >= 4 is 23.5 Å². The molecule has 0 aromatic heterocycles. The number of nitrogens with one attached hydrogen (secondary N) is 2. The molecular weight excluding hydrogens is 504 g/mol. The van der Waals surface area contributed by atoms with E-state index in [1.807, 2.05) is 26.8 Å². The Balaban J connectivity index is 1.23. The summed E-state index contributed by atoms with van der Waals surface area (Å²) in [5, 5.41) is 10.5. The summed E-state index contributed by atoms with van der Waals surface area (Å²) in [7, 11) is 1.65. The highest BCUT2D eigenvalue weighted by atomic mass is 16.7. The summed E-state index contributed by atoms with van der Waals surface area (Å²) in [5.41, 5.74) is 2.71. The SMILES string of the molecule is CNC(=O)C1CCC(CN(C(=O)O/N=C(\C)[C@H]2CC[C@H]3[C@@H]4CCC5=CC(=O)CC[C@]5(C)[C@H]4CC[C@]23C)C(C)C)N1. The number of likely N-dealkylation sites (N-methyl/N-ethyl adjacent to an activating group) is 1. The molecule has 5 rings (SSSR count). The van der Waals surface area contributed by atoms with E-state index < -0.39 is 6.09 Å². The molecule has 2 amide bonds. The van der Waals surface area contributed by atoms with E-state index in [0.29, 0.717) is 42.4 Å². The Morgan fingerprint density at radius 3 is 2.60 bits per heavy atom. The van der Waals surface area contributed by atoms with Crippen molar-refractivity contribution in [2.24, 2.45) is 39.7 Å². The average Bonchev–Trinajstić information content (AvgIpc) is 3.54. The summed E-state index contributed by atoms with van der Waals surface area (Å²) < 4.78 is 0. The zero-order valence-corrected chi connectivity index (χ0v) is 25.4. The number of fused-ring (bicyclic) bond motifs is 5. The third kappa shape index (κ3) is 5.14. The number of amides is 2. The minimum atomic E-state index is -0.422. The maximum absolute atomic E-state index is 13.2. The van der Waals surface area contributed by atoms with Crippen LogP contribution in [0.25, 0.3) is 0 Å². The molecule has 8 nitrogen and oxygen atoms in total. The minimum absolute atomic E-state index is 0.00752. The number of carbonyl (C=O) groups excluding carboxylic acids is 3. The van der Waals surface area contributed by atoms with Crippen molar-refractivity contribution in [1.82, 2.24) is 15.5 Å². The van der Waals surface area contributed by atoms with E-state index in [4.69, 9.17) is 4.84 Å². The normalized spacial score (nSPS) is 39.2. The molecule has 0 aromatic rings. The predicted molar refractivity (Wildman–Crippen MR) is 156 cm³/mol. The molecule has 0 radical (unpaired) electrons. The van der Waals surface area contributed by atoms with Gasteiger partial charge in [-0.3, -0.25) is 14.4 Å². The molecule has 40 heavy (non-hydrogen) atoms. The van der Waals surface area contributed by atoms with Crippen LogP contribution in [0.3, 0.4) is 0 Å². The van der Waals surface area contributed by atoms with Crippen molar-refractivity contribution < 1.29 is 19.2 Å². The van der Waals surface area contributed by atoms with Gasteiger partial charge in [0.05, 0.1) is 11.8 Å². The molecule has 5 aliphatic rings. The van der Waals surface area contributed by atoms with Crippen molar-refractivity contribution in [1.29, 1.82) is 0 Å². The van der Waals surface area contributed by atoms with Crippen molar-refractivity contribution in [3.63, 3.8) is 0 Å². The molecule has 222 valence electrons. The van der Waals surface area contributed by atoms with E-state index in [1.54, 1.807) is 11.9 Å². The summed E-state index contributed by atoms with van der Waals surface area (Å²) >= 11 is 0. The second-order valence-corrected chi connectivity index (χ2v) is 14.1. The number of oxime groups is 1. The van der Waals surface area contributed by atoms with E-state index in [-0.39, 0.29) is 34.9 Å². The first kappa shape index (κ1) is 29.3. The number of hydrogen-bond donors (Lipinski definition) is 2. The largest absolute Gasteiger partial charge is 0.436 e. The van der Waals surface area contributed by atoms with Gasteiger partial charge in [-0.1, -0.05) is 24.6 Å². The maximum atomic E-state index is 13.2. The lowest BCUT2D eigenvalue weighted by Gasteiger charge is -2.58. The fourth-order valence-electron chi connectivity index (χ4n) is 9.55. The molecular formula is C32H50N4O4. The van der Waals surface area contributed by atoms with E-state index in [9.17, 15) is 14.4 Å². The summed E-state index contributed by atoms with van der Waals surface area (Å²) in [6.45, 7) is 11.4. The smallest absolute Gasteiger partial charge is 0.358 e. The number of nitrogens with zero attached hydrogens (tertiary/aromatic N) is 2. The third-order valence-electron chi connectivity index (χ3n) is 11.8.